The van der Waals surface area contributed by atoms with Crippen molar-refractivity contribution in [1.82, 2.24) is 9.97 Å². The first kappa shape index (κ1) is 8.62. The Morgan fingerprint density at radius 2 is 1.85 bits per heavy atom. The lowest BCUT2D eigenvalue weighted by Gasteiger charge is -2.00. The lowest BCUT2D eigenvalue weighted by atomic mass is 10.1. The number of H-pyrrole nitrogens is 2. The Kier molecular flexibility index (Phi) is 2.26. The molecule has 13 heavy (non-hydrogen) atoms. The van der Waals surface area contributed by atoms with Crippen LogP contribution in [0.3, 0.4) is 0 Å². The molecular formula is C8H10N2O2S. The van der Waals surface area contributed by atoms with E-state index in [0.29, 0.717) is 0 Å². The van der Waals surface area contributed by atoms with Gasteiger partial charge >= 0.3 is 5.69 Å². The zero-order valence-electron chi connectivity index (χ0n) is 7.05. The largest absolute Gasteiger partial charge is 0.325 e. The predicted octanol–water partition coefficient (Wildman–Crippen LogP) is -0.105. The second-order valence-corrected chi connectivity index (χ2v) is 4.20. The molecule has 4 nitrogen and oxygen atoms in total. The van der Waals surface area contributed by atoms with Crippen LogP contribution in [-0.2, 0) is 12.8 Å². The molecule has 1 aliphatic rings. The fraction of sp³-hybridized carbons (Fsp3) is 0.500. The first-order valence-corrected chi connectivity index (χ1v) is 5.35. The van der Waals surface area contributed by atoms with E-state index in [0.717, 1.165) is 35.6 Å². The highest BCUT2D eigenvalue weighted by Gasteiger charge is 2.12. The van der Waals surface area contributed by atoms with E-state index in [1.165, 1.54) is 0 Å². The molecular weight excluding hydrogens is 188 g/mol. The second kappa shape index (κ2) is 3.41. The smallest absolute Gasteiger partial charge is 0.311 e. The summed E-state index contributed by atoms with van der Waals surface area (Å²) in [6.07, 6.45) is 1.55. The van der Waals surface area contributed by atoms with Crippen LogP contribution in [0.1, 0.15) is 11.3 Å². The third-order valence-electron chi connectivity index (χ3n) is 2.12. The summed E-state index contributed by atoms with van der Waals surface area (Å²) in [6, 6.07) is 0. The normalized spacial score (nSPS) is 16.3. The van der Waals surface area contributed by atoms with Gasteiger partial charge in [0.2, 0.25) is 0 Å². The molecule has 0 unspecified atom stereocenters. The topological polar surface area (TPSA) is 65.7 Å². The van der Waals surface area contributed by atoms with E-state index in [1.807, 2.05) is 11.8 Å². The minimum atomic E-state index is -0.393. The lowest BCUT2D eigenvalue weighted by molar-refractivity contribution is 0.893. The third-order valence-corrected chi connectivity index (χ3v) is 3.11. The Morgan fingerprint density at radius 3 is 2.69 bits per heavy atom. The van der Waals surface area contributed by atoms with Gasteiger partial charge in [-0.15, -0.1) is 0 Å². The standard InChI is InChI=1S/C8H10N2O2S/c11-7-5-1-3-13-4-2-6(5)9-8(12)10-7/h1-4H2,(H2,9,10,11,12). The third kappa shape index (κ3) is 1.70. The molecule has 5 heteroatoms. The minimum Gasteiger partial charge on any atom is -0.311 e. The number of aromatic nitrogens is 2. The highest BCUT2D eigenvalue weighted by molar-refractivity contribution is 7.99. The maximum Gasteiger partial charge on any atom is 0.325 e. The van der Waals surface area contributed by atoms with Crippen molar-refractivity contribution in [3.63, 3.8) is 0 Å². The molecule has 0 bridgehead atoms. The molecule has 0 saturated carbocycles. The first-order chi connectivity index (χ1) is 6.27. The van der Waals surface area contributed by atoms with Crippen LogP contribution >= 0.6 is 11.8 Å². The number of nitrogens with one attached hydrogen (secondary N) is 2. The van der Waals surface area contributed by atoms with Crippen LogP contribution in [0.15, 0.2) is 9.59 Å². The van der Waals surface area contributed by atoms with Gasteiger partial charge in [-0.3, -0.25) is 9.78 Å². The Bertz CT molecular complexity index is 421. The van der Waals surface area contributed by atoms with E-state index in [1.54, 1.807) is 0 Å². The summed E-state index contributed by atoms with van der Waals surface area (Å²) in [6.45, 7) is 0. The summed E-state index contributed by atoms with van der Waals surface area (Å²) in [4.78, 5) is 27.2. The number of aromatic amines is 2. The summed E-state index contributed by atoms with van der Waals surface area (Å²) in [5.74, 6) is 1.94. The quantitative estimate of drug-likeness (QED) is 0.611. The molecule has 1 aromatic heterocycles. The van der Waals surface area contributed by atoms with Gasteiger partial charge in [0.1, 0.15) is 0 Å². The van der Waals surface area contributed by atoms with Gasteiger partial charge in [0.25, 0.3) is 5.56 Å². The highest BCUT2D eigenvalue weighted by atomic mass is 32.2. The zero-order chi connectivity index (χ0) is 9.26. The van der Waals surface area contributed by atoms with Gasteiger partial charge in [0.15, 0.2) is 0 Å². The van der Waals surface area contributed by atoms with Crippen molar-refractivity contribution in [2.75, 3.05) is 11.5 Å². The van der Waals surface area contributed by atoms with Crippen LogP contribution in [0.5, 0.6) is 0 Å². The van der Waals surface area contributed by atoms with E-state index in [4.69, 9.17) is 0 Å². The van der Waals surface area contributed by atoms with Crippen molar-refractivity contribution in [3.8, 4) is 0 Å². The summed E-state index contributed by atoms with van der Waals surface area (Å²) in [5.41, 5.74) is 0.959. The number of aryl methyl sites for hydroxylation is 1. The van der Waals surface area contributed by atoms with Gasteiger partial charge in [-0.05, 0) is 24.3 Å². The molecule has 2 heterocycles. The van der Waals surface area contributed by atoms with Crippen LogP contribution in [0.4, 0.5) is 0 Å². The molecule has 0 spiro atoms. The van der Waals surface area contributed by atoms with Crippen molar-refractivity contribution in [1.29, 1.82) is 0 Å². The molecule has 0 aliphatic carbocycles. The lowest BCUT2D eigenvalue weighted by Crippen LogP contribution is -2.28. The number of fused-ring (bicyclic) bond motifs is 1. The van der Waals surface area contributed by atoms with Crippen molar-refractivity contribution < 1.29 is 0 Å². The molecule has 0 aromatic carbocycles. The monoisotopic (exact) mass is 198 g/mol. The minimum absolute atomic E-state index is 0.221. The predicted molar refractivity (Wildman–Crippen MR) is 52.4 cm³/mol. The van der Waals surface area contributed by atoms with Gasteiger partial charge in [0, 0.05) is 11.3 Å². The molecule has 0 radical (unpaired) electrons. The van der Waals surface area contributed by atoms with Crippen LogP contribution < -0.4 is 11.2 Å². The van der Waals surface area contributed by atoms with Gasteiger partial charge < -0.3 is 4.98 Å². The van der Waals surface area contributed by atoms with Crippen molar-refractivity contribution in [2.45, 2.75) is 12.8 Å². The maximum atomic E-state index is 11.4. The molecule has 0 amide bonds. The molecule has 1 aromatic rings. The molecule has 2 N–H and O–H groups in total. The molecule has 0 fully saturated rings. The van der Waals surface area contributed by atoms with Gasteiger partial charge in [-0.25, -0.2) is 4.79 Å². The fourth-order valence-corrected chi connectivity index (χ4v) is 2.39. The number of rotatable bonds is 0. The second-order valence-electron chi connectivity index (χ2n) is 2.98. The number of hydrogen-bond acceptors (Lipinski definition) is 3. The SMILES string of the molecule is O=c1[nH]c2c(c(=O)[nH]1)CCSCC2. The Labute approximate surface area is 78.8 Å². The first-order valence-electron chi connectivity index (χ1n) is 4.19. The number of thioether (sulfide) groups is 1. The molecule has 0 atom stereocenters. The Hall–Kier alpha value is -0.970. The molecule has 1 aliphatic heterocycles. The molecule has 70 valence electrons. The summed E-state index contributed by atoms with van der Waals surface area (Å²) in [5, 5.41) is 0. The van der Waals surface area contributed by atoms with E-state index in [9.17, 15) is 9.59 Å². The Balaban J connectivity index is 2.60. The zero-order valence-corrected chi connectivity index (χ0v) is 7.87. The van der Waals surface area contributed by atoms with Gasteiger partial charge in [0.05, 0.1) is 0 Å². The van der Waals surface area contributed by atoms with Crippen molar-refractivity contribution in [3.05, 3.63) is 32.1 Å². The molecule has 0 saturated heterocycles. The Morgan fingerprint density at radius 1 is 1.08 bits per heavy atom. The number of hydrogen-bond donors (Lipinski definition) is 2. The average Bonchev–Trinajstić information content (AvgIpc) is 2.28. The van der Waals surface area contributed by atoms with Crippen molar-refractivity contribution >= 4 is 11.8 Å². The van der Waals surface area contributed by atoms with E-state index >= 15 is 0 Å². The fourth-order valence-electron chi connectivity index (χ4n) is 1.49. The van der Waals surface area contributed by atoms with E-state index in [-0.39, 0.29) is 5.56 Å². The van der Waals surface area contributed by atoms with Crippen LogP contribution in [0.2, 0.25) is 0 Å². The van der Waals surface area contributed by atoms with Gasteiger partial charge in [-0.2, -0.15) is 11.8 Å². The van der Waals surface area contributed by atoms with Crippen LogP contribution in [-0.4, -0.2) is 21.5 Å². The molecule has 2 rings (SSSR count). The maximum absolute atomic E-state index is 11.4. The van der Waals surface area contributed by atoms with Crippen LogP contribution in [0.25, 0.3) is 0 Å². The van der Waals surface area contributed by atoms with Crippen LogP contribution in [0, 0.1) is 0 Å². The van der Waals surface area contributed by atoms with Gasteiger partial charge in [-0.1, -0.05) is 0 Å². The van der Waals surface area contributed by atoms with E-state index < -0.39 is 5.69 Å². The summed E-state index contributed by atoms with van der Waals surface area (Å²) < 4.78 is 0. The van der Waals surface area contributed by atoms with E-state index in [2.05, 4.69) is 9.97 Å². The average molecular weight is 198 g/mol. The summed E-state index contributed by atoms with van der Waals surface area (Å²) in [7, 11) is 0. The van der Waals surface area contributed by atoms with Crippen molar-refractivity contribution in [2.24, 2.45) is 0 Å². The highest BCUT2D eigenvalue weighted by Crippen LogP contribution is 2.13. The summed E-state index contributed by atoms with van der Waals surface area (Å²) >= 11 is 1.81.